The Kier molecular flexibility index (Phi) is 3.30. The summed E-state index contributed by atoms with van der Waals surface area (Å²) in [6, 6.07) is 0. The van der Waals surface area contributed by atoms with Gasteiger partial charge in [-0.05, 0) is 6.42 Å². The van der Waals surface area contributed by atoms with Gasteiger partial charge in [0.1, 0.15) is 12.2 Å². The fourth-order valence-corrected chi connectivity index (χ4v) is 1.76. The van der Waals surface area contributed by atoms with Crippen LogP contribution in [-0.2, 0) is 13.1 Å². The highest BCUT2D eigenvalue weighted by Crippen LogP contribution is 2.09. The molecule has 0 aliphatic carbocycles. The van der Waals surface area contributed by atoms with E-state index < -0.39 is 0 Å². The number of hydrogen-bond donors (Lipinski definition) is 2. The van der Waals surface area contributed by atoms with Crippen LogP contribution in [0.4, 0.5) is 0 Å². The quantitative estimate of drug-likeness (QED) is 0.654. The standard InChI is InChI=1S/C9H17N5O/c10-5-8(15)1-2-13-3-4-14-7-11-12-9(14)6-13/h7-8,15H,1-6,10H2. The van der Waals surface area contributed by atoms with Gasteiger partial charge in [0.05, 0.1) is 12.6 Å². The molecule has 2 rings (SSSR count). The molecular weight excluding hydrogens is 194 g/mol. The number of aliphatic hydroxyl groups excluding tert-OH is 1. The second-order valence-corrected chi connectivity index (χ2v) is 3.89. The van der Waals surface area contributed by atoms with Crippen molar-refractivity contribution in [3.05, 3.63) is 12.2 Å². The summed E-state index contributed by atoms with van der Waals surface area (Å²) < 4.78 is 2.07. The lowest BCUT2D eigenvalue weighted by Gasteiger charge is -2.27. The minimum atomic E-state index is -0.384. The maximum absolute atomic E-state index is 9.36. The fraction of sp³-hybridized carbons (Fsp3) is 0.778. The smallest absolute Gasteiger partial charge is 0.147 e. The van der Waals surface area contributed by atoms with Gasteiger partial charge < -0.3 is 15.4 Å². The average molecular weight is 211 g/mol. The van der Waals surface area contributed by atoms with E-state index in [2.05, 4.69) is 19.7 Å². The number of fused-ring (bicyclic) bond motifs is 1. The van der Waals surface area contributed by atoms with Crippen molar-refractivity contribution >= 4 is 0 Å². The molecule has 1 aliphatic heterocycles. The third-order valence-electron chi connectivity index (χ3n) is 2.77. The van der Waals surface area contributed by atoms with Gasteiger partial charge in [-0.3, -0.25) is 4.90 Å². The van der Waals surface area contributed by atoms with Crippen LogP contribution in [0, 0.1) is 0 Å². The van der Waals surface area contributed by atoms with Gasteiger partial charge >= 0.3 is 0 Å². The number of nitrogens with two attached hydrogens (primary N) is 1. The van der Waals surface area contributed by atoms with Crippen LogP contribution in [0.5, 0.6) is 0 Å². The van der Waals surface area contributed by atoms with E-state index in [1.165, 1.54) is 0 Å². The Morgan fingerprint density at radius 1 is 1.53 bits per heavy atom. The van der Waals surface area contributed by atoms with Crippen LogP contribution >= 0.6 is 0 Å². The van der Waals surface area contributed by atoms with Crippen LogP contribution in [0.2, 0.25) is 0 Å². The molecule has 1 aromatic heterocycles. The molecular formula is C9H17N5O. The monoisotopic (exact) mass is 211 g/mol. The van der Waals surface area contributed by atoms with E-state index in [0.717, 1.165) is 38.4 Å². The van der Waals surface area contributed by atoms with E-state index in [0.29, 0.717) is 6.54 Å². The molecule has 1 unspecified atom stereocenters. The maximum atomic E-state index is 9.36. The summed E-state index contributed by atoms with van der Waals surface area (Å²) in [4.78, 5) is 2.27. The Bertz CT molecular complexity index is 313. The number of nitrogens with zero attached hydrogens (tertiary/aromatic N) is 4. The first-order valence-corrected chi connectivity index (χ1v) is 5.27. The predicted molar refractivity (Wildman–Crippen MR) is 55.0 cm³/mol. The molecule has 1 aromatic rings. The maximum Gasteiger partial charge on any atom is 0.147 e. The Labute approximate surface area is 88.7 Å². The highest BCUT2D eigenvalue weighted by atomic mass is 16.3. The van der Waals surface area contributed by atoms with Crippen LogP contribution < -0.4 is 5.73 Å². The van der Waals surface area contributed by atoms with Crippen LogP contribution in [0.3, 0.4) is 0 Å². The largest absolute Gasteiger partial charge is 0.392 e. The van der Waals surface area contributed by atoms with E-state index in [4.69, 9.17) is 5.73 Å². The van der Waals surface area contributed by atoms with Gasteiger partial charge in [0.2, 0.25) is 0 Å². The van der Waals surface area contributed by atoms with Gasteiger partial charge in [-0.1, -0.05) is 0 Å². The third kappa shape index (κ3) is 2.53. The molecule has 2 heterocycles. The second-order valence-electron chi connectivity index (χ2n) is 3.89. The first-order valence-electron chi connectivity index (χ1n) is 5.27. The Morgan fingerprint density at radius 3 is 3.20 bits per heavy atom. The normalized spacial score (nSPS) is 18.8. The highest BCUT2D eigenvalue weighted by Gasteiger charge is 2.17. The lowest BCUT2D eigenvalue weighted by atomic mass is 10.2. The number of hydrogen-bond acceptors (Lipinski definition) is 5. The molecule has 0 saturated carbocycles. The van der Waals surface area contributed by atoms with Crippen molar-refractivity contribution in [3.63, 3.8) is 0 Å². The van der Waals surface area contributed by atoms with Crippen molar-refractivity contribution in [2.24, 2.45) is 5.73 Å². The Hall–Kier alpha value is -0.980. The molecule has 0 radical (unpaired) electrons. The van der Waals surface area contributed by atoms with Crippen LogP contribution in [0.1, 0.15) is 12.2 Å². The van der Waals surface area contributed by atoms with Crippen molar-refractivity contribution in [1.82, 2.24) is 19.7 Å². The fourth-order valence-electron chi connectivity index (χ4n) is 1.76. The molecule has 0 amide bonds. The Morgan fingerprint density at radius 2 is 2.40 bits per heavy atom. The summed E-state index contributed by atoms with van der Waals surface area (Å²) in [7, 11) is 0. The molecule has 6 nitrogen and oxygen atoms in total. The summed E-state index contributed by atoms with van der Waals surface area (Å²) in [6.45, 7) is 3.94. The van der Waals surface area contributed by atoms with Crippen molar-refractivity contribution in [2.45, 2.75) is 25.6 Å². The predicted octanol–water partition coefficient (Wildman–Crippen LogP) is -1.20. The molecule has 0 aromatic carbocycles. The van der Waals surface area contributed by atoms with Crippen molar-refractivity contribution < 1.29 is 5.11 Å². The number of aliphatic hydroxyl groups is 1. The SMILES string of the molecule is NCC(O)CCN1CCn2cnnc2C1. The zero-order chi connectivity index (χ0) is 10.7. The van der Waals surface area contributed by atoms with E-state index in [1.54, 1.807) is 6.33 Å². The molecule has 15 heavy (non-hydrogen) atoms. The van der Waals surface area contributed by atoms with Crippen LogP contribution in [0.25, 0.3) is 0 Å². The molecule has 0 fully saturated rings. The minimum Gasteiger partial charge on any atom is -0.392 e. The molecule has 0 spiro atoms. The lowest BCUT2D eigenvalue weighted by Crippen LogP contribution is -2.36. The van der Waals surface area contributed by atoms with Crippen molar-refractivity contribution in [1.29, 1.82) is 0 Å². The van der Waals surface area contributed by atoms with Gasteiger partial charge in [0, 0.05) is 26.2 Å². The zero-order valence-electron chi connectivity index (χ0n) is 8.71. The van der Waals surface area contributed by atoms with Crippen molar-refractivity contribution in [3.8, 4) is 0 Å². The molecule has 84 valence electrons. The van der Waals surface area contributed by atoms with Gasteiger partial charge in [0.25, 0.3) is 0 Å². The van der Waals surface area contributed by atoms with Gasteiger partial charge in [0.15, 0.2) is 0 Å². The van der Waals surface area contributed by atoms with Gasteiger partial charge in [-0.25, -0.2) is 0 Å². The molecule has 1 atom stereocenters. The highest BCUT2D eigenvalue weighted by molar-refractivity contribution is 4.89. The third-order valence-corrected chi connectivity index (χ3v) is 2.77. The topological polar surface area (TPSA) is 80.2 Å². The van der Waals surface area contributed by atoms with E-state index in [9.17, 15) is 5.11 Å². The average Bonchev–Trinajstić information content (AvgIpc) is 2.72. The molecule has 3 N–H and O–H groups in total. The lowest BCUT2D eigenvalue weighted by molar-refractivity contribution is 0.135. The first kappa shape index (κ1) is 10.5. The summed E-state index contributed by atoms with van der Waals surface area (Å²) in [5.41, 5.74) is 5.35. The summed E-state index contributed by atoms with van der Waals surface area (Å²) in [5.74, 6) is 1.00. The summed E-state index contributed by atoms with van der Waals surface area (Å²) in [6.07, 6.45) is 2.11. The van der Waals surface area contributed by atoms with E-state index in [-0.39, 0.29) is 6.10 Å². The van der Waals surface area contributed by atoms with Gasteiger partial charge in [-0.2, -0.15) is 0 Å². The minimum absolute atomic E-state index is 0.337. The Balaban J connectivity index is 1.82. The molecule has 0 saturated heterocycles. The van der Waals surface area contributed by atoms with Crippen LogP contribution in [-0.4, -0.2) is 50.5 Å². The summed E-state index contributed by atoms with van der Waals surface area (Å²) in [5, 5.41) is 17.3. The van der Waals surface area contributed by atoms with Gasteiger partial charge in [-0.15, -0.1) is 10.2 Å². The van der Waals surface area contributed by atoms with Crippen molar-refractivity contribution in [2.75, 3.05) is 19.6 Å². The number of rotatable bonds is 4. The molecule has 6 heteroatoms. The van der Waals surface area contributed by atoms with Crippen LogP contribution in [0.15, 0.2) is 6.33 Å². The zero-order valence-corrected chi connectivity index (χ0v) is 8.71. The molecule has 0 bridgehead atoms. The second kappa shape index (κ2) is 4.69. The molecule has 1 aliphatic rings. The number of aromatic nitrogens is 3. The first-order chi connectivity index (χ1) is 7.29. The van der Waals surface area contributed by atoms with E-state index in [1.807, 2.05) is 0 Å². The summed E-state index contributed by atoms with van der Waals surface area (Å²) >= 11 is 0. The van der Waals surface area contributed by atoms with E-state index >= 15 is 0 Å².